The lowest BCUT2D eigenvalue weighted by Gasteiger charge is -2.25. The lowest BCUT2D eigenvalue weighted by Crippen LogP contribution is -2.44. The lowest BCUT2D eigenvalue weighted by atomic mass is 9.74. The number of amides is 4. The molecule has 0 saturated carbocycles. The number of hydrogen-bond acceptors (Lipinski definition) is 15. The van der Waals surface area contributed by atoms with Crippen molar-refractivity contribution in [3.8, 4) is 23.7 Å². The van der Waals surface area contributed by atoms with E-state index in [0.717, 1.165) is 44.1 Å². The third-order valence-corrected chi connectivity index (χ3v) is 14.1. The molecular formula is C56H66B3ClN12O9. The summed E-state index contributed by atoms with van der Waals surface area (Å²) in [5.74, 6) is 11.4. The van der Waals surface area contributed by atoms with Crippen molar-refractivity contribution in [2.75, 3.05) is 65.3 Å². The number of nitrogens with two attached hydrogens (primary N) is 2. The molecule has 4 atom stereocenters. The number of nitrogens with one attached hydrogen (secondary N) is 2. The van der Waals surface area contributed by atoms with Gasteiger partial charge >= 0.3 is 21.4 Å². The van der Waals surface area contributed by atoms with Gasteiger partial charge in [-0.3, -0.25) is 29.1 Å². The second kappa shape index (κ2) is 27.0. The van der Waals surface area contributed by atoms with Gasteiger partial charge in [-0.1, -0.05) is 36.6 Å². The first kappa shape index (κ1) is 60.7. The van der Waals surface area contributed by atoms with Crippen LogP contribution in [0.1, 0.15) is 84.8 Å². The van der Waals surface area contributed by atoms with E-state index in [9.17, 15) is 19.2 Å². The Bertz CT molecular complexity index is 3280. The van der Waals surface area contributed by atoms with Crippen LogP contribution in [0.15, 0.2) is 74.1 Å². The standard InChI is InChI=1S/C27H30N6O3.C26H27ClN6O3.C3H9B3O3/c1-6-24(34)32-14-20(12-21(32)15-36-5)33-27(29-4)25(26(28)35)22(31-33)8-7-18-11-23-19(10-17(18)3)9-16(2)13-30-23;1-5-23(34)32-13-18(11-19(32)14-36-4)33-26(29-3)24(25(28)35)21(31-33)7-6-16-10-22-17(9-20(16)27)8-15(2)12-30-22;1-4-7-5(2)9-6(3)8-4/h6,9-11,13,20-21,29H,1,12,14-15H2,2-5H3,(H2,28,35);5,8-10,12,18-19,29H,1,11,13-14H2,2-4H3,(H2,28,35);1-3H3/t20-,21+;18-,19+;/m00./s1. The molecule has 4 amide bonds. The van der Waals surface area contributed by atoms with E-state index in [2.05, 4.69) is 73.7 Å². The summed E-state index contributed by atoms with van der Waals surface area (Å²) in [7, 11) is 6.16. The number of pyridine rings is 2. The molecule has 3 aliphatic rings. The van der Waals surface area contributed by atoms with Crippen LogP contribution in [0.25, 0.3) is 21.8 Å². The average Bonchev–Trinajstić information content (AvgIpc) is 4.32. The maximum atomic E-state index is 12.5. The van der Waals surface area contributed by atoms with Crippen LogP contribution < -0.4 is 22.1 Å². The minimum Gasteiger partial charge on any atom is -0.453 e. The van der Waals surface area contributed by atoms with E-state index in [1.165, 1.54) is 12.2 Å². The first-order valence-corrected chi connectivity index (χ1v) is 26.6. The van der Waals surface area contributed by atoms with Crippen LogP contribution in [0, 0.1) is 44.5 Å². The predicted molar refractivity (Wildman–Crippen MR) is 316 cm³/mol. The number of nitrogens with zero attached hydrogens (tertiary/aromatic N) is 8. The van der Waals surface area contributed by atoms with E-state index in [4.69, 9.17) is 46.3 Å². The van der Waals surface area contributed by atoms with Gasteiger partial charge in [0.25, 0.3) is 11.8 Å². The minimum atomic E-state index is -0.665. The fourth-order valence-electron chi connectivity index (χ4n) is 10.2. The van der Waals surface area contributed by atoms with Gasteiger partial charge in [0, 0.05) is 75.7 Å². The van der Waals surface area contributed by atoms with E-state index in [0.29, 0.717) is 61.4 Å². The number of rotatable bonds is 12. The Hall–Kier alpha value is -7.96. The summed E-state index contributed by atoms with van der Waals surface area (Å²) < 4.78 is 29.3. The molecule has 21 nitrogen and oxygen atoms in total. The number of hydrogen-bond donors (Lipinski definition) is 4. The van der Waals surface area contributed by atoms with Gasteiger partial charge in [-0.25, -0.2) is 9.36 Å². The Balaban J connectivity index is 0.000000202. The Morgan fingerprint density at radius 3 is 1.48 bits per heavy atom. The number of primary amides is 2. The van der Waals surface area contributed by atoms with Crippen LogP contribution in [-0.4, -0.2) is 151 Å². The maximum absolute atomic E-state index is 12.5. The molecule has 3 fully saturated rings. The van der Waals surface area contributed by atoms with Gasteiger partial charge in [-0.2, -0.15) is 10.2 Å². The molecule has 2 aromatic carbocycles. The summed E-state index contributed by atoms with van der Waals surface area (Å²) in [4.78, 5) is 62.1. The number of carbonyl (C=O) groups excluding carboxylic acids is 4. The first-order valence-electron chi connectivity index (χ1n) is 26.2. The number of halogens is 1. The Labute approximate surface area is 477 Å². The van der Waals surface area contributed by atoms with Crippen LogP contribution in [0.5, 0.6) is 0 Å². The van der Waals surface area contributed by atoms with Crippen molar-refractivity contribution in [1.29, 1.82) is 0 Å². The van der Waals surface area contributed by atoms with E-state index < -0.39 is 11.8 Å². The number of aryl methyl sites for hydroxylation is 3. The van der Waals surface area contributed by atoms with E-state index in [1.807, 2.05) is 71.7 Å². The highest BCUT2D eigenvalue weighted by atomic mass is 35.5. The monoisotopic (exact) mass is 1120 g/mol. The topological polar surface area (TPSA) is 258 Å². The molecule has 0 bridgehead atoms. The number of ether oxygens (including phenoxy) is 2. The van der Waals surface area contributed by atoms with Gasteiger partial charge < -0.3 is 55.1 Å². The number of fused-ring (bicyclic) bond motifs is 2. The highest BCUT2D eigenvalue weighted by Crippen LogP contribution is 2.35. The quantitative estimate of drug-likeness (QED) is 0.0634. The highest BCUT2D eigenvalue weighted by Gasteiger charge is 2.40. The second-order valence-electron chi connectivity index (χ2n) is 19.7. The van der Waals surface area contributed by atoms with E-state index in [-0.39, 0.29) is 79.9 Å². The van der Waals surface area contributed by atoms with Gasteiger partial charge in [0.2, 0.25) is 11.8 Å². The SMILES string of the molecule is C=CC(=O)N1C[C@@H](n2nc(C#Cc3cc4ncc(C)cc4cc3C)c(C(N)=O)c2NC)C[C@@H]1COC.C=CC(=O)N1C[C@@H](n2nc(C#Cc3cc4ncc(C)cc4cc3Cl)c(C(N)=O)c2NC)C[C@@H]1COC.CB1OB(C)OB(C)O1. The molecule has 0 aliphatic carbocycles. The Morgan fingerprint density at radius 1 is 0.679 bits per heavy atom. The third-order valence-electron chi connectivity index (χ3n) is 13.7. The second-order valence-corrected chi connectivity index (χ2v) is 20.1. The molecule has 81 heavy (non-hydrogen) atoms. The van der Waals surface area contributed by atoms with Crippen LogP contribution in [0.4, 0.5) is 11.6 Å². The largest absolute Gasteiger partial charge is 0.453 e. The van der Waals surface area contributed by atoms with Crippen molar-refractivity contribution in [2.45, 2.75) is 78.2 Å². The average molecular weight is 1120 g/mol. The van der Waals surface area contributed by atoms with Crippen LogP contribution in [0.2, 0.25) is 25.5 Å². The van der Waals surface area contributed by atoms with Gasteiger partial charge in [-0.15, -0.1) is 0 Å². The van der Waals surface area contributed by atoms with Crippen molar-refractivity contribution in [3.63, 3.8) is 0 Å². The summed E-state index contributed by atoms with van der Waals surface area (Å²) in [6, 6.07) is 11.0. The fraction of sp³-hybridized carbons (Fsp3) is 0.357. The van der Waals surface area contributed by atoms with E-state index in [1.54, 1.807) is 59.7 Å². The first-order chi connectivity index (χ1) is 38.7. The number of methoxy groups -OCH3 is 2. The Kier molecular flexibility index (Phi) is 20.2. The molecule has 6 N–H and O–H groups in total. The zero-order chi connectivity index (χ0) is 58.8. The van der Waals surface area contributed by atoms with Gasteiger partial charge in [0.15, 0.2) is 11.4 Å². The van der Waals surface area contributed by atoms with Crippen LogP contribution in [0.3, 0.4) is 0 Å². The zero-order valence-electron chi connectivity index (χ0n) is 47.3. The molecule has 6 aromatic rings. The summed E-state index contributed by atoms with van der Waals surface area (Å²) in [5, 5.41) is 17.8. The van der Waals surface area contributed by atoms with Crippen molar-refractivity contribution in [3.05, 3.63) is 129 Å². The predicted octanol–water partition coefficient (Wildman–Crippen LogP) is 5.87. The summed E-state index contributed by atoms with van der Waals surface area (Å²) >= 11 is 6.48. The summed E-state index contributed by atoms with van der Waals surface area (Å²) in [6.07, 6.45) is 7.35. The van der Waals surface area contributed by atoms with Crippen LogP contribution in [-0.2, 0) is 32.8 Å². The number of anilines is 2. The molecule has 3 aliphatic heterocycles. The van der Waals surface area contributed by atoms with Gasteiger partial charge in [-0.05, 0) is 131 Å². The molecular weight excluding hydrogens is 1050 g/mol. The summed E-state index contributed by atoms with van der Waals surface area (Å²) in [6.45, 7) is 20.3. The minimum absolute atomic E-state index is 0.135. The van der Waals surface area contributed by atoms with Crippen molar-refractivity contribution in [1.82, 2.24) is 39.3 Å². The van der Waals surface area contributed by atoms with E-state index >= 15 is 0 Å². The normalized spacial score (nSPS) is 17.5. The molecule has 25 heteroatoms. The number of carbonyl (C=O) groups is 4. The lowest BCUT2D eigenvalue weighted by molar-refractivity contribution is -0.128. The maximum Gasteiger partial charge on any atom is 0.426 e. The number of likely N-dealkylation sites (tertiary alicyclic amines) is 2. The highest BCUT2D eigenvalue weighted by molar-refractivity contribution is 6.72. The number of aromatic nitrogens is 6. The molecule has 0 spiro atoms. The van der Waals surface area contributed by atoms with Crippen LogP contribution >= 0.6 is 11.6 Å². The van der Waals surface area contributed by atoms with Crippen molar-refractivity contribution < 1.29 is 42.4 Å². The smallest absolute Gasteiger partial charge is 0.426 e. The van der Waals surface area contributed by atoms with Gasteiger partial charge in [0.05, 0.1) is 53.4 Å². The molecule has 0 unspecified atom stereocenters. The van der Waals surface area contributed by atoms with Crippen molar-refractivity contribution in [2.24, 2.45) is 11.5 Å². The zero-order valence-corrected chi connectivity index (χ0v) is 48.0. The molecule has 0 radical (unpaired) electrons. The molecule has 9 rings (SSSR count). The van der Waals surface area contributed by atoms with Gasteiger partial charge in [0.1, 0.15) is 22.8 Å². The Morgan fingerprint density at radius 2 is 1.09 bits per heavy atom. The fourth-order valence-corrected chi connectivity index (χ4v) is 10.4. The molecule has 4 aromatic heterocycles. The molecule has 420 valence electrons. The third kappa shape index (κ3) is 14.2. The van der Waals surface area contributed by atoms with Crippen molar-refractivity contribution >= 4 is 90.0 Å². The summed E-state index contributed by atoms with van der Waals surface area (Å²) in [5.41, 5.74) is 18.4. The molecule has 7 heterocycles. The molecule has 3 saturated heterocycles. The number of benzene rings is 2.